The van der Waals surface area contributed by atoms with Gasteiger partial charge in [-0.3, -0.25) is 14.6 Å². The number of hydrogen-bond donors (Lipinski definition) is 2. The number of fused-ring (bicyclic) bond motifs is 1. The first-order valence-electron chi connectivity index (χ1n) is 10.0. The van der Waals surface area contributed by atoms with Crippen LogP contribution in [0.25, 0.3) is 10.9 Å². The van der Waals surface area contributed by atoms with Gasteiger partial charge in [0.15, 0.2) is 6.61 Å². The van der Waals surface area contributed by atoms with Gasteiger partial charge in [0.2, 0.25) is 0 Å². The molecule has 3 aromatic rings. The highest BCUT2D eigenvalue weighted by Gasteiger charge is 2.27. The van der Waals surface area contributed by atoms with Crippen LogP contribution in [-0.4, -0.2) is 35.4 Å². The fourth-order valence-corrected chi connectivity index (χ4v) is 3.13. The molecule has 7 nitrogen and oxygen atoms in total. The third-order valence-corrected chi connectivity index (χ3v) is 4.75. The van der Waals surface area contributed by atoms with E-state index >= 15 is 0 Å². The number of aryl methyl sites for hydroxylation is 1. The van der Waals surface area contributed by atoms with Gasteiger partial charge in [-0.2, -0.15) is 0 Å². The van der Waals surface area contributed by atoms with Crippen LogP contribution < -0.4 is 10.6 Å². The molecule has 0 spiro atoms. The molecule has 2 aromatic carbocycles. The number of hydrogen-bond acceptors (Lipinski definition) is 5. The number of carbonyl (C=O) groups excluding carboxylic acids is 3. The van der Waals surface area contributed by atoms with E-state index in [0.717, 1.165) is 16.5 Å². The summed E-state index contributed by atoms with van der Waals surface area (Å²) in [4.78, 5) is 41.7. The van der Waals surface area contributed by atoms with Gasteiger partial charge in [0.05, 0.1) is 11.2 Å². The summed E-state index contributed by atoms with van der Waals surface area (Å²) in [7, 11) is 0. The molecule has 0 aliphatic heterocycles. The Bertz CT molecular complexity index is 1110. The molecule has 1 heterocycles. The van der Waals surface area contributed by atoms with Gasteiger partial charge in [0, 0.05) is 17.1 Å². The number of pyridine rings is 1. The van der Waals surface area contributed by atoms with E-state index in [1.165, 1.54) is 0 Å². The Morgan fingerprint density at radius 1 is 1.03 bits per heavy atom. The highest BCUT2D eigenvalue weighted by Crippen LogP contribution is 2.21. The molecule has 0 unspecified atom stereocenters. The molecule has 1 atom stereocenters. The monoisotopic (exact) mass is 419 g/mol. The smallest absolute Gasteiger partial charge is 0.329 e. The van der Waals surface area contributed by atoms with Crippen molar-refractivity contribution < 1.29 is 19.1 Å². The van der Waals surface area contributed by atoms with Crippen LogP contribution in [0.2, 0.25) is 0 Å². The summed E-state index contributed by atoms with van der Waals surface area (Å²) in [5.74, 6) is -1.72. The van der Waals surface area contributed by atoms with Gasteiger partial charge < -0.3 is 15.4 Å². The second kappa shape index (κ2) is 9.84. The number of nitrogens with zero attached hydrogens (tertiary/aromatic N) is 1. The maximum atomic E-state index is 12.6. The topological polar surface area (TPSA) is 97.4 Å². The van der Waals surface area contributed by atoms with Crippen molar-refractivity contribution in [2.24, 2.45) is 5.92 Å². The average Bonchev–Trinajstić information content (AvgIpc) is 2.75. The van der Waals surface area contributed by atoms with Gasteiger partial charge in [-0.15, -0.1) is 0 Å². The Hall–Kier alpha value is -3.74. The first kappa shape index (κ1) is 22.0. The number of amides is 2. The largest absolute Gasteiger partial charge is 0.454 e. The van der Waals surface area contributed by atoms with E-state index in [-0.39, 0.29) is 11.8 Å². The van der Waals surface area contributed by atoms with E-state index in [1.807, 2.05) is 25.1 Å². The zero-order valence-electron chi connectivity index (χ0n) is 17.7. The summed E-state index contributed by atoms with van der Waals surface area (Å²) >= 11 is 0. The van der Waals surface area contributed by atoms with E-state index in [2.05, 4.69) is 15.6 Å². The number of anilines is 1. The molecule has 160 valence electrons. The first-order valence-corrected chi connectivity index (χ1v) is 10.0. The molecule has 0 aliphatic rings. The summed E-state index contributed by atoms with van der Waals surface area (Å²) in [6, 6.07) is 15.2. The fourth-order valence-electron chi connectivity index (χ4n) is 3.13. The molecule has 7 heteroatoms. The van der Waals surface area contributed by atoms with Gasteiger partial charge in [-0.1, -0.05) is 37.6 Å². The first-order chi connectivity index (χ1) is 14.8. The molecule has 0 bridgehead atoms. The standard InChI is InChI=1S/C24H25N3O4/c1-15(2)22(27-23(29)17-8-4-7-16(3)13-17)24(30)31-14-21(28)26-20-11-5-10-19-18(20)9-6-12-25-19/h4-13,15,22H,14H2,1-3H3,(H,26,28)(H,27,29)/t22-/m0/s1. The maximum absolute atomic E-state index is 12.6. The van der Waals surface area contributed by atoms with Gasteiger partial charge in [-0.05, 0) is 49.2 Å². The average molecular weight is 419 g/mol. The number of carbonyl (C=O) groups is 3. The van der Waals surface area contributed by atoms with E-state index in [0.29, 0.717) is 11.3 Å². The predicted molar refractivity (Wildman–Crippen MR) is 119 cm³/mol. The Morgan fingerprint density at radius 3 is 2.55 bits per heavy atom. The van der Waals surface area contributed by atoms with Crippen LogP contribution in [0.4, 0.5) is 5.69 Å². The van der Waals surface area contributed by atoms with Crippen LogP contribution in [0.3, 0.4) is 0 Å². The van der Waals surface area contributed by atoms with E-state index in [4.69, 9.17) is 4.74 Å². The normalized spacial score (nSPS) is 11.7. The number of ether oxygens (including phenoxy) is 1. The Kier molecular flexibility index (Phi) is 6.97. The molecule has 2 amide bonds. The van der Waals surface area contributed by atoms with Crippen molar-refractivity contribution in [2.45, 2.75) is 26.8 Å². The number of nitrogens with one attached hydrogen (secondary N) is 2. The lowest BCUT2D eigenvalue weighted by atomic mass is 10.0. The van der Waals surface area contributed by atoms with Gasteiger partial charge in [0.25, 0.3) is 11.8 Å². The summed E-state index contributed by atoms with van der Waals surface area (Å²) in [5.41, 5.74) is 2.73. The minimum absolute atomic E-state index is 0.214. The number of aromatic nitrogens is 1. The molecule has 0 radical (unpaired) electrons. The molecule has 31 heavy (non-hydrogen) atoms. The SMILES string of the molecule is Cc1cccc(C(=O)N[C@H](C(=O)OCC(=O)Nc2cccc3ncccc23)C(C)C)c1. The molecule has 0 saturated carbocycles. The van der Waals surface area contributed by atoms with Crippen LogP contribution in [0.15, 0.2) is 60.8 Å². The van der Waals surface area contributed by atoms with Crippen molar-refractivity contribution in [2.75, 3.05) is 11.9 Å². The quantitative estimate of drug-likeness (QED) is 0.572. The lowest BCUT2D eigenvalue weighted by Gasteiger charge is -2.21. The van der Waals surface area contributed by atoms with E-state index < -0.39 is 24.5 Å². The van der Waals surface area contributed by atoms with Gasteiger partial charge >= 0.3 is 5.97 Å². The van der Waals surface area contributed by atoms with Crippen LogP contribution in [0, 0.1) is 12.8 Å². The van der Waals surface area contributed by atoms with Crippen molar-refractivity contribution in [1.82, 2.24) is 10.3 Å². The molecule has 2 N–H and O–H groups in total. The highest BCUT2D eigenvalue weighted by atomic mass is 16.5. The molecule has 3 rings (SSSR count). The van der Waals surface area contributed by atoms with Crippen LogP contribution >= 0.6 is 0 Å². The van der Waals surface area contributed by atoms with Crippen molar-refractivity contribution in [3.8, 4) is 0 Å². The van der Waals surface area contributed by atoms with Gasteiger partial charge in [-0.25, -0.2) is 4.79 Å². The fraction of sp³-hybridized carbons (Fsp3) is 0.250. The predicted octanol–water partition coefficient (Wildman–Crippen LogP) is 3.48. The summed E-state index contributed by atoms with van der Waals surface area (Å²) in [6.07, 6.45) is 1.67. The van der Waals surface area contributed by atoms with Crippen molar-refractivity contribution >= 4 is 34.4 Å². The van der Waals surface area contributed by atoms with Crippen molar-refractivity contribution in [3.63, 3.8) is 0 Å². The van der Waals surface area contributed by atoms with Gasteiger partial charge in [0.1, 0.15) is 6.04 Å². The van der Waals surface area contributed by atoms with Crippen LogP contribution in [0.1, 0.15) is 29.8 Å². The summed E-state index contributed by atoms with van der Waals surface area (Å²) in [6.45, 7) is 5.02. The Morgan fingerprint density at radius 2 is 1.81 bits per heavy atom. The van der Waals surface area contributed by atoms with E-state index in [1.54, 1.807) is 56.4 Å². The molecule has 0 saturated heterocycles. The number of esters is 1. The highest BCUT2D eigenvalue weighted by molar-refractivity contribution is 6.02. The lowest BCUT2D eigenvalue weighted by Crippen LogP contribution is -2.46. The molecular formula is C24H25N3O4. The number of benzene rings is 2. The van der Waals surface area contributed by atoms with Crippen molar-refractivity contribution in [1.29, 1.82) is 0 Å². The Balaban J connectivity index is 1.60. The summed E-state index contributed by atoms with van der Waals surface area (Å²) in [5, 5.41) is 6.23. The third-order valence-electron chi connectivity index (χ3n) is 4.75. The second-order valence-electron chi connectivity index (χ2n) is 7.60. The molecule has 0 fully saturated rings. The summed E-state index contributed by atoms with van der Waals surface area (Å²) < 4.78 is 5.19. The Labute approximate surface area is 180 Å². The van der Waals surface area contributed by atoms with E-state index in [9.17, 15) is 14.4 Å². The van der Waals surface area contributed by atoms with Crippen molar-refractivity contribution in [3.05, 3.63) is 71.9 Å². The zero-order chi connectivity index (χ0) is 22.4. The lowest BCUT2D eigenvalue weighted by molar-refractivity contribution is -0.150. The maximum Gasteiger partial charge on any atom is 0.329 e. The minimum Gasteiger partial charge on any atom is -0.454 e. The molecule has 0 aliphatic carbocycles. The zero-order valence-corrected chi connectivity index (χ0v) is 17.7. The number of rotatable bonds is 7. The van der Waals surface area contributed by atoms with Crippen LogP contribution in [-0.2, 0) is 14.3 Å². The molecular weight excluding hydrogens is 394 g/mol. The minimum atomic E-state index is -0.873. The molecule has 1 aromatic heterocycles. The second-order valence-corrected chi connectivity index (χ2v) is 7.60. The third kappa shape index (κ3) is 5.66. The van der Waals surface area contributed by atoms with Crippen LogP contribution in [0.5, 0.6) is 0 Å².